The van der Waals surface area contributed by atoms with E-state index in [1.54, 1.807) is 0 Å². The second-order valence-electron chi connectivity index (χ2n) is 5.00. The zero-order valence-electron chi connectivity index (χ0n) is 11.2. The van der Waals surface area contributed by atoms with Crippen molar-refractivity contribution in [3.8, 4) is 0 Å². The second kappa shape index (κ2) is 6.99. The highest BCUT2D eigenvalue weighted by Crippen LogP contribution is 2.12. The van der Waals surface area contributed by atoms with Gasteiger partial charge in [-0.05, 0) is 38.3 Å². The standard InChI is InChI=1S/C12H19N5O3/c18-12(9-16-8-11(7-15-16)17(19)20)14-5-3-10-2-1-4-13-6-10/h7-8,10,13H,1-6,9H2,(H,14,18). The van der Waals surface area contributed by atoms with Gasteiger partial charge in [0.05, 0.1) is 4.92 Å². The van der Waals surface area contributed by atoms with Crippen LogP contribution in [-0.2, 0) is 11.3 Å². The quantitative estimate of drug-likeness (QED) is 0.576. The van der Waals surface area contributed by atoms with E-state index in [1.807, 2.05) is 0 Å². The molecule has 1 atom stereocenters. The minimum Gasteiger partial charge on any atom is -0.354 e. The van der Waals surface area contributed by atoms with Gasteiger partial charge in [-0.3, -0.25) is 19.6 Å². The highest BCUT2D eigenvalue weighted by atomic mass is 16.6. The number of hydrogen-bond acceptors (Lipinski definition) is 5. The van der Waals surface area contributed by atoms with Crippen molar-refractivity contribution >= 4 is 11.6 Å². The van der Waals surface area contributed by atoms with Crippen molar-refractivity contribution < 1.29 is 9.72 Å². The summed E-state index contributed by atoms with van der Waals surface area (Å²) >= 11 is 0. The van der Waals surface area contributed by atoms with Crippen molar-refractivity contribution in [3.63, 3.8) is 0 Å². The van der Waals surface area contributed by atoms with Crippen molar-refractivity contribution in [2.24, 2.45) is 5.92 Å². The van der Waals surface area contributed by atoms with E-state index in [1.165, 1.54) is 23.7 Å². The summed E-state index contributed by atoms with van der Waals surface area (Å²) < 4.78 is 1.27. The Kier molecular flexibility index (Phi) is 5.05. The molecular weight excluding hydrogens is 262 g/mol. The molecule has 0 aliphatic carbocycles. The van der Waals surface area contributed by atoms with Crippen molar-refractivity contribution in [2.75, 3.05) is 19.6 Å². The second-order valence-corrected chi connectivity index (χ2v) is 5.00. The number of hydrogen-bond donors (Lipinski definition) is 2. The lowest BCUT2D eigenvalue weighted by Gasteiger charge is -2.22. The molecule has 8 nitrogen and oxygen atoms in total. The monoisotopic (exact) mass is 281 g/mol. The molecule has 110 valence electrons. The maximum atomic E-state index is 11.7. The molecule has 1 aromatic rings. The Morgan fingerprint density at radius 2 is 2.50 bits per heavy atom. The van der Waals surface area contributed by atoms with Gasteiger partial charge in [0.25, 0.3) is 0 Å². The first-order valence-corrected chi connectivity index (χ1v) is 6.79. The Balaban J connectivity index is 1.67. The topological polar surface area (TPSA) is 102 Å². The third-order valence-electron chi connectivity index (χ3n) is 3.41. The van der Waals surface area contributed by atoms with Crippen LogP contribution in [0.4, 0.5) is 5.69 Å². The van der Waals surface area contributed by atoms with E-state index in [0.717, 1.165) is 25.7 Å². The van der Waals surface area contributed by atoms with Crippen molar-refractivity contribution in [1.29, 1.82) is 0 Å². The third kappa shape index (κ3) is 4.30. The first-order valence-electron chi connectivity index (χ1n) is 6.79. The number of piperidine rings is 1. The van der Waals surface area contributed by atoms with Crippen molar-refractivity contribution in [3.05, 3.63) is 22.5 Å². The van der Waals surface area contributed by atoms with Gasteiger partial charge in [-0.15, -0.1) is 0 Å². The summed E-state index contributed by atoms with van der Waals surface area (Å²) in [6.07, 6.45) is 5.74. The molecule has 0 spiro atoms. The molecule has 0 saturated carbocycles. The zero-order valence-corrected chi connectivity index (χ0v) is 11.2. The lowest BCUT2D eigenvalue weighted by molar-refractivity contribution is -0.385. The Morgan fingerprint density at radius 1 is 1.65 bits per heavy atom. The maximum absolute atomic E-state index is 11.7. The van der Waals surface area contributed by atoms with Crippen LogP contribution in [-0.4, -0.2) is 40.2 Å². The fraction of sp³-hybridized carbons (Fsp3) is 0.667. The van der Waals surface area contributed by atoms with Crippen LogP contribution in [0.3, 0.4) is 0 Å². The molecule has 1 saturated heterocycles. The molecule has 1 unspecified atom stereocenters. The average Bonchev–Trinajstić information content (AvgIpc) is 2.88. The number of nitrogens with zero attached hydrogens (tertiary/aromatic N) is 3. The first kappa shape index (κ1) is 14.4. The number of carbonyl (C=O) groups is 1. The van der Waals surface area contributed by atoms with E-state index < -0.39 is 4.92 Å². The minimum absolute atomic E-state index is 0.0107. The van der Waals surface area contributed by atoms with E-state index in [9.17, 15) is 14.9 Å². The minimum atomic E-state index is -0.530. The van der Waals surface area contributed by atoms with Gasteiger partial charge < -0.3 is 10.6 Å². The smallest absolute Gasteiger partial charge is 0.307 e. The molecule has 2 rings (SSSR count). The van der Waals surface area contributed by atoms with Gasteiger partial charge in [0, 0.05) is 6.54 Å². The maximum Gasteiger partial charge on any atom is 0.307 e. The summed E-state index contributed by atoms with van der Waals surface area (Å²) in [6.45, 7) is 2.74. The fourth-order valence-corrected chi connectivity index (χ4v) is 2.32. The average molecular weight is 281 g/mol. The molecule has 2 N–H and O–H groups in total. The predicted octanol–water partition coefficient (Wildman–Crippen LogP) is 0.297. The molecule has 1 aliphatic heterocycles. The van der Waals surface area contributed by atoms with Gasteiger partial charge in [-0.2, -0.15) is 5.10 Å². The molecule has 1 aliphatic rings. The zero-order chi connectivity index (χ0) is 14.4. The van der Waals surface area contributed by atoms with Crippen LogP contribution in [0.1, 0.15) is 19.3 Å². The van der Waals surface area contributed by atoms with E-state index in [-0.39, 0.29) is 18.1 Å². The molecule has 1 aromatic heterocycles. The summed E-state index contributed by atoms with van der Waals surface area (Å²) in [7, 11) is 0. The highest BCUT2D eigenvalue weighted by molar-refractivity contribution is 5.75. The van der Waals surface area contributed by atoms with Gasteiger partial charge in [-0.1, -0.05) is 0 Å². The SMILES string of the molecule is O=C(Cn1cc([N+](=O)[O-])cn1)NCCC1CCCNC1. The van der Waals surface area contributed by atoms with Crippen molar-refractivity contribution in [1.82, 2.24) is 20.4 Å². The number of carbonyl (C=O) groups excluding carboxylic acids is 1. The van der Waals surface area contributed by atoms with Crippen LogP contribution in [0, 0.1) is 16.0 Å². The molecule has 0 bridgehead atoms. The molecule has 2 heterocycles. The molecule has 1 amide bonds. The number of amides is 1. The Morgan fingerprint density at radius 3 is 3.15 bits per heavy atom. The van der Waals surface area contributed by atoms with E-state index in [4.69, 9.17) is 0 Å². The van der Waals surface area contributed by atoms with Crippen molar-refractivity contribution in [2.45, 2.75) is 25.8 Å². The highest BCUT2D eigenvalue weighted by Gasteiger charge is 2.14. The fourth-order valence-electron chi connectivity index (χ4n) is 2.32. The summed E-state index contributed by atoms with van der Waals surface area (Å²) in [4.78, 5) is 21.6. The van der Waals surface area contributed by atoms with Gasteiger partial charge in [-0.25, -0.2) is 0 Å². The summed E-state index contributed by atoms with van der Waals surface area (Å²) in [5.41, 5.74) is -0.105. The van der Waals surface area contributed by atoms with Gasteiger partial charge in [0.2, 0.25) is 5.91 Å². The predicted molar refractivity (Wildman–Crippen MR) is 72.1 cm³/mol. The van der Waals surface area contributed by atoms with E-state index >= 15 is 0 Å². The summed E-state index contributed by atoms with van der Waals surface area (Å²) in [6, 6.07) is 0. The number of rotatable bonds is 6. The normalized spacial score (nSPS) is 18.7. The molecule has 8 heteroatoms. The Labute approximate surface area is 116 Å². The van der Waals surface area contributed by atoms with Crippen LogP contribution in [0.15, 0.2) is 12.4 Å². The van der Waals surface area contributed by atoms with Crippen LogP contribution < -0.4 is 10.6 Å². The number of nitro groups is 1. The van der Waals surface area contributed by atoms with Gasteiger partial charge in [0.1, 0.15) is 18.9 Å². The summed E-state index contributed by atoms with van der Waals surface area (Å²) in [5, 5.41) is 20.4. The molecular formula is C12H19N5O3. The lowest BCUT2D eigenvalue weighted by Crippen LogP contribution is -2.34. The Hall–Kier alpha value is -1.96. The summed E-state index contributed by atoms with van der Waals surface area (Å²) in [5.74, 6) is 0.446. The van der Waals surface area contributed by atoms with Gasteiger partial charge >= 0.3 is 5.69 Å². The Bertz CT molecular complexity index is 467. The largest absolute Gasteiger partial charge is 0.354 e. The molecule has 20 heavy (non-hydrogen) atoms. The third-order valence-corrected chi connectivity index (χ3v) is 3.41. The first-order chi connectivity index (χ1) is 9.65. The lowest BCUT2D eigenvalue weighted by atomic mass is 9.96. The molecule has 0 aromatic carbocycles. The van der Waals surface area contributed by atoms with E-state index in [0.29, 0.717) is 12.5 Å². The molecule has 0 radical (unpaired) electrons. The van der Waals surface area contributed by atoms with Crippen LogP contribution in [0.25, 0.3) is 0 Å². The number of aromatic nitrogens is 2. The number of nitrogens with one attached hydrogen (secondary N) is 2. The van der Waals surface area contributed by atoms with Gasteiger partial charge in [0.15, 0.2) is 0 Å². The van der Waals surface area contributed by atoms with Crippen LogP contribution in [0.2, 0.25) is 0 Å². The van der Waals surface area contributed by atoms with Crippen LogP contribution in [0.5, 0.6) is 0 Å². The van der Waals surface area contributed by atoms with Crippen LogP contribution >= 0.6 is 0 Å². The molecule has 1 fully saturated rings. The van der Waals surface area contributed by atoms with E-state index in [2.05, 4.69) is 15.7 Å².